The van der Waals surface area contributed by atoms with Crippen LogP contribution < -0.4 is 16.0 Å². The Morgan fingerprint density at radius 1 is 1.06 bits per heavy atom. The van der Waals surface area contributed by atoms with Gasteiger partial charge in [0.05, 0.1) is 22.5 Å². The van der Waals surface area contributed by atoms with Gasteiger partial charge >= 0.3 is 0 Å². The molecule has 4 aliphatic rings. The number of carbonyl (C=O) groups excluding carboxylic acids is 1. The third-order valence-electron chi connectivity index (χ3n) is 6.30. The van der Waals surface area contributed by atoms with E-state index in [1.165, 1.54) is 0 Å². The van der Waals surface area contributed by atoms with Crippen molar-refractivity contribution in [2.75, 3.05) is 0 Å². The summed E-state index contributed by atoms with van der Waals surface area (Å²) < 4.78 is 5.56. The van der Waals surface area contributed by atoms with E-state index in [0.717, 1.165) is 33.5 Å². The Labute approximate surface area is 189 Å². The Morgan fingerprint density at radius 3 is 2.61 bits per heavy atom. The predicted octanol–water partition coefficient (Wildman–Crippen LogP) is 1.53. The minimum absolute atomic E-state index is 0.0646. The van der Waals surface area contributed by atoms with Crippen LogP contribution in [0.4, 0.5) is 0 Å². The molecular formula is C25H22N6O2. The maximum Gasteiger partial charge on any atom is 0.262 e. The molecule has 6 heterocycles. The maximum absolute atomic E-state index is 13.3. The zero-order valence-corrected chi connectivity index (χ0v) is 18.5. The van der Waals surface area contributed by atoms with E-state index in [1.54, 1.807) is 6.92 Å². The summed E-state index contributed by atoms with van der Waals surface area (Å²) in [4.78, 5) is 30.8. The number of nitrogens with zero attached hydrogens (tertiary/aromatic N) is 4. The zero-order valence-electron chi connectivity index (χ0n) is 18.5. The van der Waals surface area contributed by atoms with Gasteiger partial charge in [-0.05, 0) is 81.5 Å². The van der Waals surface area contributed by atoms with Crippen LogP contribution >= 0.6 is 0 Å². The number of aryl methyl sites for hydroxylation is 1. The maximum atomic E-state index is 13.3. The van der Waals surface area contributed by atoms with E-state index in [1.807, 2.05) is 74.6 Å². The summed E-state index contributed by atoms with van der Waals surface area (Å²) in [7, 11) is 0. The standard InChI is InChI=1S/C25H22N6O2/c1-14-26-23(33-31-14)25-9-8-19(30-25)11-17-5-4-15(27-17)10-16-6-7-18(28-16)12-20-22(32)24(2,3)21(13-25)29-20/h4-13,20,27,29H,1-3H3. The number of allylic oxidation sites excluding steroid dienone is 4. The summed E-state index contributed by atoms with van der Waals surface area (Å²) in [5.74, 6) is 0.942. The molecule has 0 spiro atoms. The number of hydrogen-bond acceptors (Lipinski definition) is 7. The molecule has 2 atom stereocenters. The van der Waals surface area contributed by atoms with Crippen LogP contribution in [-0.4, -0.2) is 38.4 Å². The van der Waals surface area contributed by atoms with Crippen LogP contribution in [0.3, 0.4) is 0 Å². The molecule has 33 heavy (non-hydrogen) atoms. The zero-order chi connectivity index (χ0) is 22.8. The van der Waals surface area contributed by atoms with E-state index in [4.69, 9.17) is 9.52 Å². The highest BCUT2D eigenvalue weighted by atomic mass is 16.5. The van der Waals surface area contributed by atoms with Crippen molar-refractivity contribution in [1.82, 2.24) is 20.4 Å². The van der Waals surface area contributed by atoms with Crippen molar-refractivity contribution in [3.8, 4) is 0 Å². The normalized spacial score (nSPS) is 26.8. The molecule has 6 rings (SSSR count). The molecular weight excluding hydrogens is 416 g/mol. The van der Waals surface area contributed by atoms with E-state index in [-0.39, 0.29) is 5.78 Å². The highest BCUT2D eigenvalue weighted by molar-refractivity contribution is 6.20. The first kappa shape index (κ1) is 19.6. The summed E-state index contributed by atoms with van der Waals surface area (Å²) in [6.45, 7) is 5.60. The number of aromatic amines is 1. The molecule has 0 saturated carbocycles. The van der Waals surface area contributed by atoms with Crippen molar-refractivity contribution >= 4 is 29.4 Å². The van der Waals surface area contributed by atoms with Crippen molar-refractivity contribution in [3.63, 3.8) is 0 Å². The van der Waals surface area contributed by atoms with Crippen LogP contribution in [0.25, 0.3) is 12.2 Å². The van der Waals surface area contributed by atoms with Crippen molar-refractivity contribution in [2.45, 2.75) is 32.4 Å². The van der Waals surface area contributed by atoms with Crippen LogP contribution in [0.1, 0.15) is 25.6 Å². The van der Waals surface area contributed by atoms with Gasteiger partial charge in [-0.2, -0.15) is 4.98 Å². The van der Waals surface area contributed by atoms with Gasteiger partial charge in [-0.3, -0.25) is 9.79 Å². The van der Waals surface area contributed by atoms with E-state index in [9.17, 15) is 4.79 Å². The lowest BCUT2D eigenvalue weighted by atomic mass is 9.83. The number of aromatic nitrogens is 3. The third-order valence-corrected chi connectivity index (χ3v) is 6.30. The molecule has 2 N–H and O–H groups in total. The SMILES string of the molecule is Cc1noc(C23C=CC(=N2)C=c2ccc([nH]2)=CC2=NC(=CC4NC(=C3)C(C)(C)C4=O)C=C2)n1. The fraction of sp³-hybridized carbons (Fsp3) is 0.240. The van der Waals surface area contributed by atoms with Gasteiger partial charge in [0.1, 0.15) is 6.04 Å². The molecule has 8 heteroatoms. The van der Waals surface area contributed by atoms with Gasteiger partial charge in [0, 0.05) is 16.4 Å². The molecule has 1 fully saturated rings. The van der Waals surface area contributed by atoms with Crippen LogP contribution in [0.5, 0.6) is 0 Å². The average molecular weight is 438 g/mol. The molecule has 164 valence electrons. The topological polar surface area (TPSA) is 109 Å². The smallest absolute Gasteiger partial charge is 0.262 e. The molecule has 2 aromatic heterocycles. The molecule has 0 aromatic carbocycles. The Balaban J connectivity index is 1.60. The Bertz CT molecular complexity index is 1510. The molecule has 0 radical (unpaired) electrons. The van der Waals surface area contributed by atoms with Crippen LogP contribution in [0.15, 0.2) is 74.5 Å². The number of aliphatic imine (C=N–C) groups is 2. The van der Waals surface area contributed by atoms with Crippen molar-refractivity contribution in [1.29, 1.82) is 0 Å². The number of carbonyl (C=O) groups is 1. The van der Waals surface area contributed by atoms with Gasteiger partial charge in [0.25, 0.3) is 5.89 Å². The Kier molecular flexibility index (Phi) is 3.99. The Hall–Kier alpha value is -4.07. The van der Waals surface area contributed by atoms with Gasteiger partial charge < -0.3 is 14.8 Å². The minimum Gasteiger partial charge on any atom is -0.375 e. The first-order valence-electron chi connectivity index (χ1n) is 10.8. The molecule has 0 amide bonds. The van der Waals surface area contributed by atoms with Gasteiger partial charge in [-0.15, -0.1) is 0 Å². The number of hydrogen-bond donors (Lipinski definition) is 2. The first-order chi connectivity index (χ1) is 15.8. The number of nitrogens with one attached hydrogen (secondary N) is 2. The van der Waals surface area contributed by atoms with Crippen LogP contribution in [-0.2, 0) is 10.3 Å². The molecule has 2 aromatic rings. The van der Waals surface area contributed by atoms with Gasteiger partial charge in [0.15, 0.2) is 17.1 Å². The van der Waals surface area contributed by atoms with Crippen molar-refractivity contribution < 1.29 is 9.32 Å². The molecule has 0 aliphatic carbocycles. The summed E-state index contributed by atoms with van der Waals surface area (Å²) in [5.41, 5.74) is 1.33. The quantitative estimate of drug-likeness (QED) is 0.702. The van der Waals surface area contributed by atoms with E-state index in [2.05, 4.69) is 25.4 Å². The van der Waals surface area contributed by atoms with E-state index < -0.39 is 17.0 Å². The number of ketones is 1. The second kappa shape index (κ2) is 6.71. The first-order valence-corrected chi connectivity index (χ1v) is 10.8. The fourth-order valence-electron chi connectivity index (χ4n) is 4.45. The number of fused-ring (bicyclic) bond motifs is 6. The lowest BCUT2D eigenvalue weighted by molar-refractivity contribution is -0.123. The largest absolute Gasteiger partial charge is 0.375 e. The van der Waals surface area contributed by atoms with E-state index >= 15 is 0 Å². The lowest BCUT2D eigenvalue weighted by Crippen LogP contribution is -2.27. The fourth-order valence-corrected chi connectivity index (χ4v) is 4.45. The molecule has 4 aliphatic heterocycles. The van der Waals surface area contributed by atoms with Crippen LogP contribution in [0.2, 0.25) is 0 Å². The Morgan fingerprint density at radius 2 is 1.85 bits per heavy atom. The second-order valence-electron chi connectivity index (χ2n) is 9.13. The molecule has 2 unspecified atom stereocenters. The average Bonchev–Trinajstić information content (AvgIpc) is 3.57. The van der Waals surface area contributed by atoms with Gasteiger partial charge in [-0.25, -0.2) is 4.99 Å². The lowest BCUT2D eigenvalue weighted by Gasteiger charge is -2.22. The van der Waals surface area contributed by atoms with Gasteiger partial charge in [-0.1, -0.05) is 5.16 Å². The van der Waals surface area contributed by atoms with Crippen molar-refractivity contribution in [2.24, 2.45) is 15.4 Å². The number of Topliss-reactive ketones (excluding diaryl/α,β-unsaturated/α-hetero) is 1. The van der Waals surface area contributed by atoms with Crippen LogP contribution in [0, 0.1) is 12.3 Å². The van der Waals surface area contributed by atoms with E-state index in [0.29, 0.717) is 11.7 Å². The number of H-pyrrole nitrogens is 1. The third kappa shape index (κ3) is 3.17. The predicted molar refractivity (Wildman–Crippen MR) is 125 cm³/mol. The van der Waals surface area contributed by atoms with Gasteiger partial charge in [0.2, 0.25) is 0 Å². The molecule has 1 saturated heterocycles. The summed E-state index contributed by atoms with van der Waals surface area (Å²) in [5, 5.41) is 9.21. The van der Waals surface area contributed by atoms with Crippen molar-refractivity contribution in [3.05, 3.63) is 82.4 Å². The summed E-state index contributed by atoms with van der Waals surface area (Å²) >= 11 is 0. The molecule has 8 bridgehead atoms. The number of rotatable bonds is 1. The second-order valence-corrected chi connectivity index (χ2v) is 9.13. The summed E-state index contributed by atoms with van der Waals surface area (Å²) in [6.07, 6.45) is 15.4. The molecule has 8 nitrogen and oxygen atoms in total. The highest BCUT2D eigenvalue weighted by Gasteiger charge is 2.47. The summed E-state index contributed by atoms with van der Waals surface area (Å²) in [6, 6.07) is 3.49. The minimum atomic E-state index is -1.01. The highest BCUT2D eigenvalue weighted by Crippen LogP contribution is 2.40. The monoisotopic (exact) mass is 438 g/mol.